The second-order valence-corrected chi connectivity index (χ2v) is 11.7. The van der Waals surface area contributed by atoms with Gasteiger partial charge in [0.1, 0.15) is 61.0 Å². The fourth-order valence-electron chi connectivity index (χ4n) is 5.76. The summed E-state index contributed by atoms with van der Waals surface area (Å²) in [7, 11) is 1.01. The van der Waals surface area contributed by atoms with E-state index in [4.69, 9.17) is 49.4 Å². The first kappa shape index (κ1) is 40.0. The Balaban J connectivity index is 1.51. The van der Waals surface area contributed by atoms with Crippen LogP contribution < -0.4 is 11.5 Å². The minimum Gasteiger partial charge on any atom is -0.479 e. The van der Waals surface area contributed by atoms with E-state index in [9.17, 15) is 75.3 Å². The van der Waals surface area contributed by atoms with Crippen molar-refractivity contribution in [2.75, 3.05) is 7.11 Å². The van der Waals surface area contributed by atoms with Crippen molar-refractivity contribution < 1.29 is 113 Å². The Kier molecular flexibility index (Phi) is 12.7. The van der Waals surface area contributed by atoms with Gasteiger partial charge >= 0.3 is 23.9 Å². The van der Waals surface area contributed by atoms with E-state index in [0.717, 1.165) is 7.11 Å². The van der Waals surface area contributed by atoms with Crippen LogP contribution in [0.25, 0.3) is 0 Å². The van der Waals surface area contributed by atoms with Gasteiger partial charge in [0.05, 0.1) is 12.1 Å². The van der Waals surface area contributed by atoms with E-state index >= 15 is 0 Å². The molecule has 0 aromatic rings. The molecule has 0 aromatic carbocycles. The highest BCUT2D eigenvalue weighted by Gasteiger charge is 2.58. The third-order valence-electron chi connectivity index (χ3n) is 8.48. The van der Waals surface area contributed by atoms with Crippen LogP contribution in [0.4, 0.5) is 0 Å². The van der Waals surface area contributed by atoms with E-state index in [1.54, 1.807) is 0 Å². The molecule has 0 amide bonds. The molecule has 286 valence electrons. The molecule has 0 radical (unpaired) electrons. The number of carboxylic acids is 4. The normalized spacial score (nSPS) is 48.4. The lowest BCUT2D eigenvalue weighted by Gasteiger charge is -2.48. The van der Waals surface area contributed by atoms with Crippen LogP contribution in [0.2, 0.25) is 0 Å². The molecule has 15 N–H and O–H groups in total. The Morgan fingerprint density at radius 3 is 1.20 bits per heavy atom. The van der Waals surface area contributed by atoms with Gasteiger partial charge in [0.15, 0.2) is 49.6 Å². The van der Waals surface area contributed by atoms with Gasteiger partial charge in [0.25, 0.3) is 0 Å². The molecule has 25 nitrogen and oxygen atoms in total. The second-order valence-electron chi connectivity index (χ2n) is 11.7. The monoisotopic (exact) mass is 734 g/mol. The van der Waals surface area contributed by atoms with Crippen molar-refractivity contribution in [2.45, 2.75) is 123 Å². The average Bonchev–Trinajstić information content (AvgIpc) is 3.05. The molecule has 0 spiro atoms. The van der Waals surface area contributed by atoms with E-state index in [1.807, 2.05) is 0 Å². The fraction of sp³-hybridized carbons (Fsp3) is 0.840. The number of nitrogens with two attached hydrogens (primary N) is 2. The van der Waals surface area contributed by atoms with Gasteiger partial charge in [0.2, 0.25) is 0 Å². The van der Waals surface area contributed by atoms with Gasteiger partial charge in [-0.25, -0.2) is 19.2 Å². The summed E-state index contributed by atoms with van der Waals surface area (Å²) in [5, 5.41) is 112. The maximum absolute atomic E-state index is 12.2. The lowest BCUT2D eigenvalue weighted by atomic mass is 9.94. The predicted octanol–water partition coefficient (Wildman–Crippen LogP) is -8.79. The number of hydrogen-bond acceptors (Lipinski definition) is 21. The molecule has 0 aromatic heterocycles. The van der Waals surface area contributed by atoms with E-state index in [-0.39, 0.29) is 0 Å². The maximum Gasteiger partial charge on any atom is 0.335 e. The molecule has 0 bridgehead atoms. The molecule has 4 saturated heterocycles. The summed E-state index contributed by atoms with van der Waals surface area (Å²) < 4.78 is 41.4. The number of aliphatic hydroxyl groups is 7. The van der Waals surface area contributed by atoms with Crippen LogP contribution in [0.5, 0.6) is 0 Å². The van der Waals surface area contributed by atoms with Gasteiger partial charge in [-0.15, -0.1) is 0 Å². The van der Waals surface area contributed by atoms with Crippen molar-refractivity contribution in [3.8, 4) is 0 Å². The van der Waals surface area contributed by atoms with Crippen LogP contribution in [-0.4, -0.2) is 210 Å². The summed E-state index contributed by atoms with van der Waals surface area (Å²) in [6, 6.07) is -3.45. The Bertz CT molecular complexity index is 1240. The topological polar surface area (TPSA) is 417 Å². The van der Waals surface area contributed by atoms with Gasteiger partial charge < -0.3 is 106 Å². The van der Waals surface area contributed by atoms with E-state index in [0.29, 0.717) is 0 Å². The summed E-state index contributed by atoms with van der Waals surface area (Å²) in [6.45, 7) is 0. The standard InChI is InChI=1S/C25H38N2O23/c1-43-10-6(30)8(32)24(49-14(10)18(34)35)47-13-7(31)9(33)25(50-17(13)21(40)41)46-12-5(29)3(27)23(48-16(12)20(38)39)45-11-4(28)2(26)22(42)44-15(11)19(36)37/h2-17,22-25,28-33,42H,26-27H2,1H3,(H,34,35)(H,36,37)(H,38,39)(H,40,41)/t2?,3?,4-,5+,6?,7?,8-,9?,10-,11+,12-,13-,14?,15?,16?,17+,22-,23+,24+,25+/m0/s1. The molecule has 4 rings (SSSR count). The lowest BCUT2D eigenvalue weighted by molar-refractivity contribution is -0.368. The van der Waals surface area contributed by atoms with Crippen molar-refractivity contribution in [2.24, 2.45) is 11.5 Å². The van der Waals surface area contributed by atoms with Crippen molar-refractivity contribution in [3.05, 3.63) is 0 Å². The fourth-order valence-corrected chi connectivity index (χ4v) is 5.76. The zero-order valence-corrected chi connectivity index (χ0v) is 25.5. The van der Waals surface area contributed by atoms with Crippen LogP contribution in [0.15, 0.2) is 0 Å². The molecule has 4 aliphatic rings. The van der Waals surface area contributed by atoms with Crippen LogP contribution in [0, 0.1) is 0 Å². The number of rotatable bonds is 11. The van der Waals surface area contributed by atoms with Gasteiger partial charge in [-0.2, -0.15) is 0 Å². The molecule has 4 aliphatic heterocycles. The number of methoxy groups -OCH3 is 1. The first-order chi connectivity index (χ1) is 23.3. The summed E-state index contributed by atoms with van der Waals surface area (Å²) in [5.74, 6) is -7.22. The minimum atomic E-state index is -2.35. The number of aliphatic carboxylic acids is 4. The quantitative estimate of drug-likeness (QED) is 0.0937. The Morgan fingerprint density at radius 1 is 0.460 bits per heavy atom. The highest BCUT2D eigenvalue weighted by molar-refractivity contribution is 5.75. The first-order valence-electron chi connectivity index (χ1n) is 14.6. The Labute approximate surface area is 278 Å². The number of aliphatic hydroxyl groups excluding tert-OH is 7. The molecule has 4 heterocycles. The van der Waals surface area contributed by atoms with Crippen LogP contribution in [0.1, 0.15) is 0 Å². The highest BCUT2D eigenvalue weighted by Crippen LogP contribution is 2.34. The molecular formula is C25H38N2O23. The summed E-state index contributed by atoms with van der Waals surface area (Å²) in [6.07, 6.45) is -37.8. The lowest BCUT2D eigenvalue weighted by Crippen LogP contribution is -2.70. The maximum atomic E-state index is 12.2. The molecule has 0 aliphatic carbocycles. The van der Waals surface area contributed by atoms with Crippen LogP contribution >= 0.6 is 0 Å². The Morgan fingerprint density at radius 2 is 0.780 bits per heavy atom. The molecular weight excluding hydrogens is 696 g/mol. The van der Waals surface area contributed by atoms with Gasteiger partial charge in [-0.05, 0) is 0 Å². The summed E-state index contributed by atoms with van der Waals surface area (Å²) in [5.41, 5.74) is 11.6. The van der Waals surface area contributed by atoms with Crippen molar-refractivity contribution >= 4 is 23.9 Å². The van der Waals surface area contributed by atoms with Crippen molar-refractivity contribution in [1.29, 1.82) is 0 Å². The zero-order chi connectivity index (χ0) is 37.5. The SMILES string of the molecule is CO[C@@H]1C(C(=O)O)O[C@@H](O[C@H]2C(O)C(O)[C@H](O[C@@H]3C(C(=O)O)O[C@@H](O[C@H]4C(C(=O)O)O[C@H](O)C(N)[C@@H]4O)C(N)[C@H]3O)O[C@H]2C(=O)O)[C@@H](O)C1O. The van der Waals surface area contributed by atoms with E-state index < -0.39 is 147 Å². The largest absolute Gasteiger partial charge is 0.479 e. The first-order valence-corrected chi connectivity index (χ1v) is 14.6. The van der Waals surface area contributed by atoms with E-state index in [1.165, 1.54) is 0 Å². The van der Waals surface area contributed by atoms with Gasteiger partial charge in [0, 0.05) is 7.11 Å². The molecule has 8 unspecified atom stereocenters. The molecule has 20 atom stereocenters. The average molecular weight is 735 g/mol. The third kappa shape index (κ3) is 7.68. The smallest absolute Gasteiger partial charge is 0.335 e. The number of ether oxygens (including phenoxy) is 8. The van der Waals surface area contributed by atoms with Crippen LogP contribution in [-0.2, 0) is 57.1 Å². The van der Waals surface area contributed by atoms with Gasteiger partial charge in [-0.3, -0.25) is 0 Å². The van der Waals surface area contributed by atoms with Crippen molar-refractivity contribution in [3.63, 3.8) is 0 Å². The third-order valence-corrected chi connectivity index (χ3v) is 8.48. The highest BCUT2D eigenvalue weighted by atomic mass is 16.8. The van der Waals surface area contributed by atoms with Crippen LogP contribution in [0.3, 0.4) is 0 Å². The van der Waals surface area contributed by atoms with Crippen molar-refractivity contribution in [1.82, 2.24) is 0 Å². The number of carboxylic acid groups (broad SMARTS) is 4. The minimum absolute atomic E-state index is 1.01. The second kappa shape index (κ2) is 15.8. The van der Waals surface area contributed by atoms with Gasteiger partial charge in [-0.1, -0.05) is 0 Å². The number of carbonyl (C=O) groups is 4. The summed E-state index contributed by atoms with van der Waals surface area (Å²) in [4.78, 5) is 47.7. The zero-order valence-electron chi connectivity index (χ0n) is 25.5. The van der Waals surface area contributed by atoms with E-state index in [2.05, 4.69) is 0 Å². The summed E-state index contributed by atoms with van der Waals surface area (Å²) >= 11 is 0. The molecule has 25 heteroatoms. The molecule has 50 heavy (non-hydrogen) atoms. The molecule has 4 fully saturated rings. The molecule has 0 saturated carbocycles. The predicted molar refractivity (Wildman–Crippen MR) is 145 cm³/mol. The Hall–Kier alpha value is -2.80. The number of hydrogen-bond donors (Lipinski definition) is 13.